The molecule has 16 heavy (non-hydrogen) atoms. The Kier molecular flexibility index (Phi) is 7.37. The molecule has 0 aliphatic rings. The third-order valence-corrected chi connectivity index (χ3v) is 2.51. The molecule has 1 amide bonds. The van der Waals surface area contributed by atoms with Crippen molar-refractivity contribution in [2.75, 3.05) is 7.05 Å². The van der Waals surface area contributed by atoms with Crippen molar-refractivity contribution >= 4 is 6.09 Å². The normalized spacial score (nSPS) is 15.2. The van der Waals surface area contributed by atoms with Crippen molar-refractivity contribution in [2.45, 2.75) is 39.7 Å². The Balaban J connectivity index is 4.16. The lowest BCUT2D eigenvalue weighted by molar-refractivity contribution is 0.142. The maximum Gasteiger partial charge on any atom is 0.426 e. The Labute approximate surface area is 97.4 Å². The minimum Gasteiger partial charge on any atom is -0.392 e. The van der Waals surface area contributed by atoms with Crippen LogP contribution in [0.25, 0.3) is 0 Å². The van der Waals surface area contributed by atoms with E-state index in [2.05, 4.69) is 28.5 Å². The van der Waals surface area contributed by atoms with Gasteiger partial charge >= 0.3 is 6.09 Å². The van der Waals surface area contributed by atoms with Gasteiger partial charge in [-0.15, -0.1) is 0 Å². The van der Waals surface area contributed by atoms with Crippen LogP contribution in [-0.4, -0.2) is 19.2 Å². The molecule has 0 fully saturated rings. The highest BCUT2D eigenvalue weighted by Gasteiger charge is 2.13. The molecule has 0 spiro atoms. The van der Waals surface area contributed by atoms with Crippen molar-refractivity contribution in [1.29, 1.82) is 0 Å². The van der Waals surface area contributed by atoms with Gasteiger partial charge in [0.05, 0.1) is 0 Å². The van der Waals surface area contributed by atoms with Crippen LogP contribution in [0.2, 0.25) is 0 Å². The number of rotatable bonds is 6. The molecule has 0 heterocycles. The third-order valence-electron chi connectivity index (χ3n) is 2.51. The van der Waals surface area contributed by atoms with Crippen LogP contribution in [0, 0.1) is 5.92 Å². The lowest BCUT2D eigenvalue weighted by atomic mass is 9.99. The summed E-state index contributed by atoms with van der Waals surface area (Å²) in [6, 6.07) is 0.0898. The van der Waals surface area contributed by atoms with E-state index in [1.807, 2.05) is 20.9 Å². The molecule has 0 aromatic heterocycles. The number of hydrogen-bond donors (Lipinski definition) is 3. The molecule has 4 N–H and O–H groups in total. The minimum atomic E-state index is -0.576. The summed E-state index contributed by atoms with van der Waals surface area (Å²) in [7, 11) is 1.89. The van der Waals surface area contributed by atoms with Gasteiger partial charge in [-0.3, -0.25) is 0 Å². The van der Waals surface area contributed by atoms with Crippen molar-refractivity contribution in [3.8, 4) is 0 Å². The summed E-state index contributed by atoms with van der Waals surface area (Å²) in [5.74, 6) is 5.16. The Hall–Kier alpha value is -1.23. The van der Waals surface area contributed by atoms with Crippen LogP contribution >= 0.6 is 0 Å². The molecule has 0 radical (unpaired) electrons. The molecule has 0 aliphatic carbocycles. The minimum absolute atomic E-state index is 0.0898. The van der Waals surface area contributed by atoms with E-state index in [1.165, 1.54) is 0 Å². The molecule has 0 saturated carbocycles. The second kappa shape index (κ2) is 7.98. The summed E-state index contributed by atoms with van der Waals surface area (Å²) >= 11 is 0. The molecule has 0 aromatic rings. The first-order valence-electron chi connectivity index (χ1n) is 5.56. The highest BCUT2D eigenvalue weighted by Crippen LogP contribution is 2.11. The third kappa shape index (κ3) is 6.29. The average molecular weight is 229 g/mol. The molecule has 0 bridgehead atoms. The molecule has 94 valence electrons. The van der Waals surface area contributed by atoms with Crippen LogP contribution in [0.1, 0.15) is 33.6 Å². The largest absolute Gasteiger partial charge is 0.426 e. The average Bonchev–Trinajstić information content (AvgIpc) is 2.27. The fraction of sp³-hybridized carbons (Fsp3) is 0.727. The van der Waals surface area contributed by atoms with Crippen LogP contribution < -0.4 is 16.5 Å². The molecule has 5 heteroatoms. The maximum atomic E-state index is 11.0. The molecule has 0 saturated heterocycles. The number of carbonyl (C=O) groups excluding carboxylic acids is 1. The van der Waals surface area contributed by atoms with Gasteiger partial charge in [0.25, 0.3) is 0 Å². The molecule has 2 atom stereocenters. The summed E-state index contributed by atoms with van der Waals surface area (Å²) in [6.45, 7) is 6.14. The fourth-order valence-corrected chi connectivity index (χ4v) is 1.56. The fourth-order valence-electron chi connectivity index (χ4n) is 1.56. The van der Waals surface area contributed by atoms with Crippen LogP contribution in [0.15, 0.2) is 11.8 Å². The van der Waals surface area contributed by atoms with Crippen LogP contribution in [0.3, 0.4) is 0 Å². The van der Waals surface area contributed by atoms with Gasteiger partial charge in [0.1, 0.15) is 0 Å². The number of allylic oxidation sites excluding steroid dienone is 2. The quantitative estimate of drug-likeness (QED) is 0.603. The van der Waals surface area contributed by atoms with E-state index in [-0.39, 0.29) is 6.04 Å². The second-order valence-corrected chi connectivity index (χ2v) is 3.97. The predicted octanol–water partition coefficient (Wildman–Crippen LogP) is 1.51. The summed E-state index contributed by atoms with van der Waals surface area (Å²) < 4.78 is 0. The Morgan fingerprint density at radius 2 is 2.19 bits per heavy atom. The van der Waals surface area contributed by atoms with E-state index in [4.69, 9.17) is 5.90 Å². The standard InChI is InChI=1S/C11H23N3O2/c1-5-10(14-11(15)16-12)7-8(2)6-9(3)13-4/h6,8,10,13H,5,7,12H2,1-4H3,(H,14,15)/b9-6-. The Morgan fingerprint density at radius 3 is 2.62 bits per heavy atom. The van der Waals surface area contributed by atoms with Crippen molar-refractivity contribution in [3.05, 3.63) is 11.8 Å². The zero-order valence-corrected chi connectivity index (χ0v) is 10.5. The van der Waals surface area contributed by atoms with Crippen molar-refractivity contribution in [3.63, 3.8) is 0 Å². The molecule has 0 aromatic carbocycles. The van der Waals surface area contributed by atoms with Gasteiger partial charge in [0.2, 0.25) is 0 Å². The maximum absolute atomic E-state index is 11.0. The van der Waals surface area contributed by atoms with Crippen LogP contribution in [0.5, 0.6) is 0 Å². The zero-order chi connectivity index (χ0) is 12.6. The number of nitrogens with two attached hydrogens (primary N) is 1. The predicted molar refractivity (Wildman–Crippen MR) is 64.5 cm³/mol. The van der Waals surface area contributed by atoms with Crippen LogP contribution in [0.4, 0.5) is 4.79 Å². The second-order valence-electron chi connectivity index (χ2n) is 3.97. The smallest absolute Gasteiger partial charge is 0.392 e. The molecule has 2 unspecified atom stereocenters. The summed E-state index contributed by atoms with van der Waals surface area (Å²) in [4.78, 5) is 15.0. The number of carbonyl (C=O) groups is 1. The first-order valence-corrected chi connectivity index (χ1v) is 5.56. The number of nitrogens with one attached hydrogen (secondary N) is 2. The van der Waals surface area contributed by atoms with Crippen molar-refractivity contribution in [2.24, 2.45) is 11.8 Å². The summed E-state index contributed by atoms with van der Waals surface area (Å²) in [6.07, 6.45) is 3.28. The topological polar surface area (TPSA) is 76.4 Å². The Morgan fingerprint density at radius 1 is 1.56 bits per heavy atom. The van der Waals surface area contributed by atoms with E-state index in [0.29, 0.717) is 5.92 Å². The van der Waals surface area contributed by atoms with Gasteiger partial charge in [-0.25, -0.2) is 4.79 Å². The van der Waals surface area contributed by atoms with Gasteiger partial charge < -0.3 is 15.5 Å². The molecular formula is C11H23N3O2. The van der Waals surface area contributed by atoms with Gasteiger partial charge in [0.15, 0.2) is 0 Å². The van der Waals surface area contributed by atoms with Gasteiger partial charge in [0, 0.05) is 18.8 Å². The SMILES string of the molecule is CCC(CC(C)/C=C(/C)NC)NC(=O)ON. The molecule has 0 rings (SSSR count). The van der Waals surface area contributed by atoms with E-state index in [1.54, 1.807) is 0 Å². The van der Waals surface area contributed by atoms with Crippen LogP contribution in [-0.2, 0) is 4.84 Å². The molecular weight excluding hydrogens is 206 g/mol. The summed E-state index contributed by atoms with van der Waals surface area (Å²) in [5, 5.41) is 5.77. The first kappa shape index (κ1) is 14.8. The van der Waals surface area contributed by atoms with Crippen molar-refractivity contribution < 1.29 is 9.63 Å². The van der Waals surface area contributed by atoms with Gasteiger partial charge in [-0.05, 0) is 25.7 Å². The zero-order valence-electron chi connectivity index (χ0n) is 10.5. The Bertz CT molecular complexity index is 241. The van der Waals surface area contributed by atoms with Crippen molar-refractivity contribution in [1.82, 2.24) is 10.6 Å². The lowest BCUT2D eigenvalue weighted by Crippen LogP contribution is -2.37. The highest BCUT2D eigenvalue weighted by atomic mass is 16.7. The van der Waals surface area contributed by atoms with Gasteiger partial charge in [-0.1, -0.05) is 19.9 Å². The number of hydrogen-bond acceptors (Lipinski definition) is 4. The highest BCUT2D eigenvalue weighted by molar-refractivity contribution is 5.67. The van der Waals surface area contributed by atoms with E-state index in [0.717, 1.165) is 18.5 Å². The lowest BCUT2D eigenvalue weighted by Gasteiger charge is -2.18. The van der Waals surface area contributed by atoms with E-state index < -0.39 is 6.09 Å². The van der Waals surface area contributed by atoms with Gasteiger partial charge in [-0.2, -0.15) is 5.90 Å². The molecule has 0 aliphatic heterocycles. The summed E-state index contributed by atoms with van der Waals surface area (Å²) in [5.41, 5.74) is 1.13. The first-order chi connectivity index (χ1) is 7.53. The molecule has 5 nitrogen and oxygen atoms in total. The van der Waals surface area contributed by atoms with E-state index >= 15 is 0 Å². The van der Waals surface area contributed by atoms with E-state index in [9.17, 15) is 4.79 Å². The number of amides is 1. The monoisotopic (exact) mass is 229 g/mol.